The van der Waals surface area contributed by atoms with Crippen LogP contribution in [0.25, 0.3) is 16.9 Å². The lowest BCUT2D eigenvalue weighted by Gasteiger charge is -1.99. The van der Waals surface area contributed by atoms with Crippen molar-refractivity contribution in [3.05, 3.63) is 55.0 Å². The molecule has 0 fully saturated rings. The topological polar surface area (TPSA) is 69.6 Å². The molecule has 2 aromatic heterocycles. The summed E-state index contributed by atoms with van der Waals surface area (Å²) in [5.41, 5.74) is 8.53. The van der Waals surface area contributed by atoms with Crippen molar-refractivity contribution in [2.24, 2.45) is 0 Å². The van der Waals surface area contributed by atoms with Crippen molar-refractivity contribution < 1.29 is 0 Å². The molecule has 0 atom stereocenters. The van der Waals surface area contributed by atoms with Gasteiger partial charge in [0.15, 0.2) is 5.82 Å². The maximum atomic E-state index is 5.76. The molecule has 0 unspecified atom stereocenters. The molecule has 5 nitrogen and oxygen atoms in total. The quantitative estimate of drug-likeness (QED) is 0.691. The van der Waals surface area contributed by atoms with Crippen LogP contribution in [0.1, 0.15) is 0 Å². The second kappa shape index (κ2) is 4.29. The standard InChI is InChI=1S/C13H11N5/c14-12-4-1-3-10(7-12)11-8-16-18(9-11)13-5-2-6-15-17-13/h1-9H,14H2. The molecule has 1 aromatic carbocycles. The molecule has 0 aliphatic rings. The van der Waals surface area contributed by atoms with Crippen LogP contribution in [0.2, 0.25) is 0 Å². The van der Waals surface area contributed by atoms with Gasteiger partial charge in [-0.15, -0.1) is 5.10 Å². The Bertz CT molecular complexity index is 660. The van der Waals surface area contributed by atoms with E-state index in [1.807, 2.05) is 42.6 Å². The first-order valence-corrected chi connectivity index (χ1v) is 5.51. The zero-order valence-electron chi connectivity index (χ0n) is 9.56. The first-order chi connectivity index (χ1) is 8.83. The second-order valence-corrected chi connectivity index (χ2v) is 3.88. The second-order valence-electron chi connectivity index (χ2n) is 3.88. The van der Waals surface area contributed by atoms with E-state index in [0.29, 0.717) is 5.82 Å². The van der Waals surface area contributed by atoms with E-state index in [9.17, 15) is 0 Å². The van der Waals surface area contributed by atoms with E-state index < -0.39 is 0 Å². The normalized spacial score (nSPS) is 10.4. The Labute approximate surface area is 104 Å². The number of nitrogens with two attached hydrogens (primary N) is 1. The maximum Gasteiger partial charge on any atom is 0.175 e. The Balaban J connectivity index is 2.00. The average Bonchev–Trinajstić information content (AvgIpc) is 2.89. The molecular weight excluding hydrogens is 226 g/mol. The van der Waals surface area contributed by atoms with E-state index in [-0.39, 0.29) is 0 Å². The van der Waals surface area contributed by atoms with Crippen LogP contribution in [-0.4, -0.2) is 20.0 Å². The summed E-state index contributed by atoms with van der Waals surface area (Å²) in [4.78, 5) is 0. The highest BCUT2D eigenvalue weighted by Gasteiger charge is 2.04. The van der Waals surface area contributed by atoms with E-state index in [0.717, 1.165) is 16.8 Å². The Morgan fingerprint density at radius 3 is 2.78 bits per heavy atom. The largest absolute Gasteiger partial charge is 0.399 e. The monoisotopic (exact) mass is 237 g/mol. The molecule has 88 valence electrons. The fraction of sp³-hybridized carbons (Fsp3) is 0. The van der Waals surface area contributed by atoms with Crippen LogP contribution in [0.4, 0.5) is 5.69 Å². The summed E-state index contributed by atoms with van der Waals surface area (Å²) in [7, 11) is 0. The minimum atomic E-state index is 0.688. The van der Waals surface area contributed by atoms with Crippen molar-refractivity contribution in [3.63, 3.8) is 0 Å². The van der Waals surface area contributed by atoms with Crippen molar-refractivity contribution in [1.82, 2.24) is 20.0 Å². The van der Waals surface area contributed by atoms with Gasteiger partial charge >= 0.3 is 0 Å². The summed E-state index contributed by atoms with van der Waals surface area (Å²) >= 11 is 0. The third-order valence-corrected chi connectivity index (χ3v) is 2.60. The molecule has 3 aromatic rings. The number of hydrogen-bond acceptors (Lipinski definition) is 4. The number of benzene rings is 1. The van der Waals surface area contributed by atoms with Crippen LogP contribution in [0.15, 0.2) is 55.0 Å². The lowest BCUT2D eigenvalue weighted by atomic mass is 10.1. The number of aromatic nitrogens is 4. The molecule has 0 aliphatic carbocycles. The van der Waals surface area contributed by atoms with Crippen LogP contribution in [-0.2, 0) is 0 Å². The van der Waals surface area contributed by atoms with Gasteiger partial charge in [-0.1, -0.05) is 12.1 Å². The van der Waals surface area contributed by atoms with Gasteiger partial charge in [0, 0.05) is 23.6 Å². The number of rotatable bonds is 2. The lowest BCUT2D eigenvalue weighted by Crippen LogP contribution is -1.97. The Hall–Kier alpha value is -2.69. The van der Waals surface area contributed by atoms with Gasteiger partial charge in [0.25, 0.3) is 0 Å². The molecule has 18 heavy (non-hydrogen) atoms. The van der Waals surface area contributed by atoms with Gasteiger partial charge in [-0.05, 0) is 29.8 Å². The summed E-state index contributed by atoms with van der Waals surface area (Å²) in [6.07, 6.45) is 5.31. The lowest BCUT2D eigenvalue weighted by molar-refractivity contribution is 0.814. The van der Waals surface area contributed by atoms with E-state index >= 15 is 0 Å². The predicted octanol–water partition coefficient (Wildman–Crippen LogP) is 1.91. The summed E-state index contributed by atoms with van der Waals surface area (Å²) in [5, 5.41) is 12.1. The Morgan fingerprint density at radius 2 is 2.00 bits per heavy atom. The van der Waals surface area contributed by atoms with Gasteiger partial charge in [0.1, 0.15) is 0 Å². The first-order valence-electron chi connectivity index (χ1n) is 5.51. The van der Waals surface area contributed by atoms with Crippen molar-refractivity contribution in [2.75, 3.05) is 5.73 Å². The minimum Gasteiger partial charge on any atom is -0.399 e. The highest BCUT2D eigenvalue weighted by Crippen LogP contribution is 2.21. The molecule has 2 heterocycles. The number of nitrogens with zero attached hydrogens (tertiary/aromatic N) is 4. The van der Waals surface area contributed by atoms with Gasteiger partial charge in [0.05, 0.1) is 6.20 Å². The molecule has 2 N–H and O–H groups in total. The molecule has 5 heteroatoms. The smallest absolute Gasteiger partial charge is 0.175 e. The van der Waals surface area contributed by atoms with Crippen LogP contribution < -0.4 is 5.73 Å². The van der Waals surface area contributed by atoms with E-state index in [1.165, 1.54) is 0 Å². The molecule has 0 saturated carbocycles. The zero-order valence-corrected chi connectivity index (χ0v) is 9.56. The van der Waals surface area contributed by atoms with E-state index in [4.69, 9.17) is 5.73 Å². The van der Waals surface area contributed by atoms with Crippen LogP contribution in [0.3, 0.4) is 0 Å². The van der Waals surface area contributed by atoms with Gasteiger partial charge < -0.3 is 5.73 Å². The van der Waals surface area contributed by atoms with Crippen molar-refractivity contribution in [3.8, 4) is 16.9 Å². The molecule has 0 bridgehead atoms. The molecule has 0 spiro atoms. The Kier molecular flexibility index (Phi) is 2.49. The fourth-order valence-electron chi connectivity index (χ4n) is 1.73. The maximum absolute atomic E-state index is 5.76. The van der Waals surface area contributed by atoms with Gasteiger partial charge in [-0.2, -0.15) is 10.2 Å². The molecule has 0 radical (unpaired) electrons. The fourth-order valence-corrected chi connectivity index (χ4v) is 1.73. The molecule has 0 aliphatic heterocycles. The van der Waals surface area contributed by atoms with Crippen LogP contribution in [0.5, 0.6) is 0 Å². The van der Waals surface area contributed by atoms with Crippen LogP contribution in [0, 0.1) is 0 Å². The number of hydrogen-bond donors (Lipinski definition) is 1. The van der Waals surface area contributed by atoms with Gasteiger partial charge in [-0.3, -0.25) is 0 Å². The summed E-state index contributed by atoms with van der Waals surface area (Å²) in [6, 6.07) is 11.4. The predicted molar refractivity (Wildman–Crippen MR) is 69.0 cm³/mol. The molecular formula is C13H11N5. The van der Waals surface area contributed by atoms with Crippen LogP contribution >= 0.6 is 0 Å². The third kappa shape index (κ3) is 1.93. The average molecular weight is 237 g/mol. The highest BCUT2D eigenvalue weighted by atomic mass is 15.3. The van der Waals surface area contributed by atoms with Gasteiger partial charge in [-0.25, -0.2) is 4.68 Å². The van der Waals surface area contributed by atoms with Crippen molar-refractivity contribution >= 4 is 5.69 Å². The molecule has 0 saturated heterocycles. The third-order valence-electron chi connectivity index (χ3n) is 2.60. The van der Waals surface area contributed by atoms with E-state index in [1.54, 1.807) is 17.1 Å². The Morgan fingerprint density at radius 1 is 1.06 bits per heavy atom. The first kappa shape index (κ1) is 10.5. The zero-order chi connectivity index (χ0) is 12.4. The van der Waals surface area contributed by atoms with E-state index in [2.05, 4.69) is 15.3 Å². The van der Waals surface area contributed by atoms with Gasteiger partial charge in [0.2, 0.25) is 0 Å². The minimum absolute atomic E-state index is 0.688. The number of anilines is 1. The van der Waals surface area contributed by atoms with Crippen molar-refractivity contribution in [1.29, 1.82) is 0 Å². The number of nitrogen functional groups attached to an aromatic ring is 1. The SMILES string of the molecule is Nc1cccc(-c2cnn(-c3cccnn3)c2)c1. The molecule has 0 amide bonds. The summed E-state index contributed by atoms with van der Waals surface area (Å²) in [5.74, 6) is 0.688. The molecule has 3 rings (SSSR count). The van der Waals surface area contributed by atoms with Crippen molar-refractivity contribution in [2.45, 2.75) is 0 Å². The highest BCUT2D eigenvalue weighted by molar-refractivity contribution is 5.66. The summed E-state index contributed by atoms with van der Waals surface area (Å²) in [6.45, 7) is 0. The summed E-state index contributed by atoms with van der Waals surface area (Å²) < 4.78 is 1.69.